The second-order valence-corrected chi connectivity index (χ2v) is 7.60. The molecule has 5 heteroatoms. The molecule has 1 N–H and O–H groups in total. The van der Waals surface area contributed by atoms with Crippen molar-refractivity contribution in [1.82, 2.24) is 9.47 Å². The Hall–Kier alpha value is -3.08. The summed E-state index contributed by atoms with van der Waals surface area (Å²) >= 11 is 0. The van der Waals surface area contributed by atoms with Crippen molar-refractivity contribution in [3.05, 3.63) is 95.7 Å². The first-order valence-corrected chi connectivity index (χ1v) is 9.90. The average molecular weight is 419 g/mol. The van der Waals surface area contributed by atoms with Gasteiger partial charge in [-0.25, -0.2) is 4.79 Å². The number of benzene rings is 3. The standard InChI is InChI=1S/C25H22N2O2.ClH/c28-25(29)19-10-11-24-21(14-19)15-22-17-26(12-13-27(22)24)16-20-8-4-5-9-23(20)18-6-2-1-3-7-18;/h1-11,14-15H,12-13,16-17H2,(H,28,29);1H. The molecule has 1 aliphatic rings. The van der Waals surface area contributed by atoms with Crippen LogP contribution in [0.15, 0.2) is 78.9 Å². The highest BCUT2D eigenvalue weighted by Gasteiger charge is 2.20. The first-order valence-electron chi connectivity index (χ1n) is 9.90. The number of aromatic carboxylic acids is 1. The highest BCUT2D eigenvalue weighted by atomic mass is 35.5. The predicted molar refractivity (Wildman–Crippen MR) is 122 cm³/mol. The van der Waals surface area contributed by atoms with Gasteiger partial charge in [-0.1, -0.05) is 54.6 Å². The van der Waals surface area contributed by atoms with E-state index < -0.39 is 5.97 Å². The summed E-state index contributed by atoms with van der Waals surface area (Å²) in [5.41, 5.74) is 6.56. The molecule has 5 rings (SSSR count). The minimum Gasteiger partial charge on any atom is -0.478 e. The molecule has 1 aliphatic heterocycles. The van der Waals surface area contributed by atoms with Gasteiger partial charge in [-0.15, -0.1) is 12.4 Å². The molecule has 4 aromatic rings. The lowest BCUT2D eigenvalue weighted by Gasteiger charge is -2.29. The van der Waals surface area contributed by atoms with Crippen LogP contribution >= 0.6 is 12.4 Å². The zero-order chi connectivity index (χ0) is 19.8. The van der Waals surface area contributed by atoms with Crippen LogP contribution in [-0.2, 0) is 19.6 Å². The minimum atomic E-state index is -0.879. The Morgan fingerprint density at radius 1 is 0.900 bits per heavy atom. The largest absolute Gasteiger partial charge is 0.478 e. The van der Waals surface area contributed by atoms with E-state index in [1.54, 1.807) is 12.1 Å². The van der Waals surface area contributed by atoms with Crippen LogP contribution in [0.3, 0.4) is 0 Å². The Labute approximate surface area is 181 Å². The summed E-state index contributed by atoms with van der Waals surface area (Å²) in [7, 11) is 0. The molecular formula is C25H23ClN2O2. The van der Waals surface area contributed by atoms with Gasteiger partial charge in [0.15, 0.2) is 0 Å². The normalized spacial score (nSPS) is 13.6. The number of rotatable bonds is 4. The number of carbonyl (C=O) groups is 1. The Morgan fingerprint density at radius 2 is 1.67 bits per heavy atom. The fraction of sp³-hybridized carbons (Fsp3) is 0.160. The lowest BCUT2D eigenvalue weighted by atomic mass is 9.99. The summed E-state index contributed by atoms with van der Waals surface area (Å²) < 4.78 is 2.32. The van der Waals surface area contributed by atoms with Gasteiger partial charge in [0.05, 0.1) is 5.56 Å². The zero-order valence-corrected chi connectivity index (χ0v) is 17.3. The van der Waals surface area contributed by atoms with Crippen molar-refractivity contribution in [3.63, 3.8) is 0 Å². The highest BCUT2D eigenvalue weighted by molar-refractivity contribution is 5.94. The van der Waals surface area contributed by atoms with E-state index in [9.17, 15) is 9.90 Å². The number of hydrogen-bond acceptors (Lipinski definition) is 2. The maximum Gasteiger partial charge on any atom is 0.335 e. The molecule has 2 heterocycles. The van der Waals surface area contributed by atoms with E-state index in [0.717, 1.165) is 37.1 Å². The van der Waals surface area contributed by atoms with Crippen molar-refractivity contribution >= 4 is 29.3 Å². The first kappa shape index (κ1) is 20.2. The van der Waals surface area contributed by atoms with Gasteiger partial charge in [0.25, 0.3) is 0 Å². The monoisotopic (exact) mass is 418 g/mol. The van der Waals surface area contributed by atoms with Crippen LogP contribution in [0.5, 0.6) is 0 Å². The number of carboxylic acids is 1. The minimum absolute atomic E-state index is 0. The molecule has 3 aromatic carbocycles. The topological polar surface area (TPSA) is 45.5 Å². The van der Waals surface area contributed by atoms with Crippen LogP contribution in [0.1, 0.15) is 21.6 Å². The van der Waals surface area contributed by atoms with E-state index in [-0.39, 0.29) is 12.4 Å². The molecule has 0 atom stereocenters. The molecule has 1 aromatic heterocycles. The molecule has 0 bridgehead atoms. The third-order valence-corrected chi connectivity index (χ3v) is 5.76. The lowest BCUT2D eigenvalue weighted by Crippen LogP contribution is -2.33. The number of aromatic nitrogens is 1. The molecule has 0 fully saturated rings. The van der Waals surface area contributed by atoms with Gasteiger partial charge >= 0.3 is 5.97 Å². The molecule has 0 saturated heterocycles. The smallest absolute Gasteiger partial charge is 0.335 e. The second-order valence-electron chi connectivity index (χ2n) is 7.60. The molecule has 30 heavy (non-hydrogen) atoms. The van der Waals surface area contributed by atoms with Crippen LogP contribution in [0, 0.1) is 0 Å². The van der Waals surface area contributed by atoms with E-state index in [1.807, 2.05) is 12.1 Å². The van der Waals surface area contributed by atoms with E-state index in [0.29, 0.717) is 5.56 Å². The van der Waals surface area contributed by atoms with Crippen LogP contribution in [0.2, 0.25) is 0 Å². The van der Waals surface area contributed by atoms with Crippen molar-refractivity contribution in [1.29, 1.82) is 0 Å². The molecule has 0 amide bonds. The number of fused-ring (bicyclic) bond motifs is 3. The summed E-state index contributed by atoms with van der Waals surface area (Å²) in [5.74, 6) is -0.879. The Balaban J connectivity index is 0.00000218. The van der Waals surface area contributed by atoms with Crippen molar-refractivity contribution in [2.24, 2.45) is 0 Å². The van der Waals surface area contributed by atoms with Gasteiger partial charge in [0, 0.05) is 42.8 Å². The molecule has 0 spiro atoms. The van der Waals surface area contributed by atoms with Gasteiger partial charge < -0.3 is 9.67 Å². The molecule has 0 unspecified atom stereocenters. The van der Waals surface area contributed by atoms with Crippen LogP contribution in [-0.4, -0.2) is 27.1 Å². The number of hydrogen-bond donors (Lipinski definition) is 1. The lowest BCUT2D eigenvalue weighted by molar-refractivity contribution is 0.0697. The summed E-state index contributed by atoms with van der Waals surface area (Å²) in [4.78, 5) is 13.7. The van der Waals surface area contributed by atoms with Crippen LogP contribution in [0.4, 0.5) is 0 Å². The van der Waals surface area contributed by atoms with Crippen molar-refractivity contribution in [2.45, 2.75) is 19.6 Å². The quantitative estimate of drug-likeness (QED) is 0.479. The van der Waals surface area contributed by atoms with E-state index in [1.165, 1.54) is 22.4 Å². The molecule has 0 aliphatic carbocycles. The summed E-state index contributed by atoms with van der Waals surface area (Å²) in [6, 6.07) is 26.7. The van der Waals surface area contributed by atoms with Crippen molar-refractivity contribution in [3.8, 4) is 11.1 Å². The average Bonchev–Trinajstić information content (AvgIpc) is 3.11. The fourth-order valence-electron chi connectivity index (χ4n) is 4.34. The zero-order valence-electron chi connectivity index (χ0n) is 16.5. The molecule has 152 valence electrons. The maximum absolute atomic E-state index is 11.3. The van der Waals surface area contributed by atoms with E-state index in [2.05, 4.69) is 64.1 Å². The number of nitrogens with zero attached hydrogens (tertiary/aromatic N) is 2. The maximum atomic E-state index is 11.3. The third-order valence-electron chi connectivity index (χ3n) is 5.76. The summed E-state index contributed by atoms with van der Waals surface area (Å²) in [6.07, 6.45) is 0. The molecular weight excluding hydrogens is 396 g/mol. The summed E-state index contributed by atoms with van der Waals surface area (Å²) in [5, 5.41) is 10.3. The molecule has 0 radical (unpaired) electrons. The van der Waals surface area contributed by atoms with E-state index in [4.69, 9.17) is 0 Å². The Bertz CT molecular complexity index is 1200. The number of carboxylic acid groups (broad SMARTS) is 1. The van der Waals surface area contributed by atoms with Crippen molar-refractivity contribution in [2.75, 3.05) is 6.54 Å². The van der Waals surface area contributed by atoms with Crippen LogP contribution < -0.4 is 0 Å². The van der Waals surface area contributed by atoms with Gasteiger partial charge in [0.2, 0.25) is 0 Å². The fourth-order valence-corrected chi connectivity index (χ4v) is 4.34. The number of halogens is 1. The summed E-state index contributed by atoms with van der Waals surface area (Å²) in [6.45, 7) is 3.65. The molecule has 0 saturated carbocycles. The van der Waals surface area contributed by atoms with E-state index >= 15 is 0 Å². The molecule has 4 nitrogen and oxygen atoms in total. The van der Waals surface area contributed by atoms with Crippen molar-refractivity contribution < 1.29 is 9.90 Å². The van der Waals surface area contributed by atoms with Crippen LogP contribution in [0.25, 0.3) is 22.0 Å². The van der Waals surface area contributed by atoms with Gasteiger partial charge in [-0.05, 0) is 41.0 Å². The van der Waals surface area contributed by atoms with Gasteiger partial charge in [0.1, 0.15) is 0 Å². The predicted octanol–water partition coefficient (Wildman–Crippen LogP) is 5.44. The highest BCUT2D eigenvalue weighted by Crippen LogP contribution is 2.28. The first-order chi connectivity index (χ1) is 14.2. The third kappa shape index (κ3) is 3.72. The Morgan fingerprint density at radius 3 is 2.47 bits per heavy atom. The van der Waals surface area contributed by atoms with Gasteiger partial charge in [-0.2, -0.15) is 0 Å². The SMILES string of the molecule is Cl.O=C(O)c1ccc2c(c1)cc1n2CCN(Cc2ccccc2-c2ccccc2)C1. The second kappa shape index (κ2) is 8.34. The Kier molecular flexibility index (Phi) is 5.62. The van der Waals surface area contributed by atoms with Gasteiger partial charge in [-0.3, -0.25) is 4.90 Å².